The van der Waals surface area contributed by atoms with Gasteiger partial charge >= 0.3 is 12.3 Å². The highest BCUT2D eigenvalue weighted by molar-refractivity contribution is 5.85. The molecule has 4 atom stereocenters. The molecule has 0 radical (unpaired) electrons. The fraction of sp³-hybridized carbons (Fsp3) is 0.692. The third-order valence-corrected chi connectivity index (χ3v) is 8.14. The van der Waals surface area contributed by atoms with Crippen LogP contribution in [0.15, 0.2) is 24.3 Å². The van der Waals surface area contributed by atoms with Crippen molar-refractivity contribution in [3.63, 3.8) is 0 Å². The molecule has 0 spiro atoms. The Hall–Kier alpha value is -2.29. The van der Waals surface area contributed by atoms with Gasteiger partial charge in [-0.2, -0.15) is 13.2 Å². The Bertz CT molecular complexity index is 871. The summed E-state index contributed by atoms with van der Waals surface area (Å²) < 4.78 is 38.4. The van der Waals surface area contributed by atoms with Crippen LogP contribution >= 0.6 is 0 Å². The first kappa shape index (κ1) is 25.8. The smallest absolute Gasteiger partial charge is 0.416 e. The predicted octanol–water partition coefficient (Wildman–Crippen LogP) is 5.03. The van der Waals surface area contributed by atoms with Crippen molar-refractivity contribution < 1.29 is 27.9 Å². The maximum absolute atomic E-state index is 13.0. The maximum Gasteiger partial charge on any atom is 0.416 e. The van der Waals surface area contributed by atoms with Gasteiger partial charge in [0.25, 0.3) is 0 Å². The number of halogens is 3. The number of benzene rings is 1. The Morgan fingerprint density at radius 3 is 2.43 bits per heavy atom. The number of likely N-dealkylation sites (tertiary alicyclic amines) is 1. The number of carbonyl (C=O) groups excluding carboxylic acids is 1. The molecule has 2 saturated carbocycles. The summed E-state index contributed by atoms with van der Waals surface area (Å²) >= 11 is 0. The van der Waals surface area contributed by atoms with Gasteiger partial charge in [0.2, 0.25) is 5.91 Å². The van der Waals surface area contributed by atoms with Crippen molar-refractivity contribution in [1.82, 2.24) is 15.5 Å². The summed E-state index contributed by atoms with van der Waals surface area (Å²) in [6, 6.07) is 4.57. The van der Waals surface area contributed by atoms with Gasteiger partial charge in [0.15, 0.2) is 0 Å². The number of amides is 2. The summed E-state index contributed by atoms with van der Waals surface area (Å²) in [5, 5.41) is 14.8. The van der Waals surface area contributed by atoms with Crippen LogP contribution in [-0.2, 0) is 17.5 Å². The second-order valence-electron chi connectivity index (χ2n) is 10.6. The molecule has 3 fully saturated rings. The van der Waals surface area contributed by atoms with Gasteiger partial charge < -0.3 is 15.7 Å². The molecule has 194 valence electrons. The Labute approximate surface area is 204 Å². The summed E-state index contributed by atoms with van der Waals surface area (Å²) in [5.41, 5.74) is 0.196. The quantitative estimate of drug-likeness (QED) is 0.449. The number of hydrogen-bond donors (Lipinski definition) is 3. The van der Waals surface area contributed by atoms with E-state index in [-0.39, 0.29) is 17.9 Å². The van der Waals surface area contributed by atoms with Gasteiger partial charge in [-0.15, -0.1) is 0 Å². The minimum Gasteiger partial charge on any atom is -0.465 e. The van der Waals surface area contributed by atoms with E-state index in [0.29, 0.717) is 24.8 Å². The van der Waals surface area contributed by atoms with Gasteiger partial charge in [0, 0.05) is 25.7 Å². The fourth-order valence-corrected chi connectivity index (χ4v) is 6.33. The van der Waals surface area contributed by atoms with Crippen LogP contribution in [0.3, 0.4) is 0 Å². The molecule has 1 aromatic carbocycles. The van der Waals surface area contributed by atoms with E-state index in [1.54, 1.807) is 0 Å². The lowest BCUT2D eigenvalue weighted by Crippen LogP contribution is -2.50. The highest BCUT2D eigenvalue weighted by Crippen LogP contribution is 2.39. The fourth-order valence-electron chi connectivity index (χ4n) is 6.33. The first-order chi connectivity index (χ1) is 16.7. The Balaban J connectivity index is 1.28. The summed E-state index contributed by atoms with van der Waals surface area (Å²) in [6.45, 7) is 2.21. The monoisotopic (exact) mass is 495 g/mol. The molecule has 1 aromatic rings. The zero-order valence-corrected chi connectivity index (χ0v) is 20.0. The highest BCUT2D eigenvalue weighted by atomic mass is 19.4. The topological polar surface area (TPSA) is 81.7 Å². The molecule has 1 saturated heterocycles. The van der Waals surface area contributed by atoms with Crippen molar-refractivity contribution >= 4 is 12.0 Å². The average molecular weight is 496 g/mol. The van der Waals surface area contributed by atoms with Crippen LogP contribution in [-0.4, -0.2) is 47.2 Å². The third kappa shape index (κ3) is 6.90. The van der Waals surface area contributed by atoms with Gasteiger partial charge in [0.05, 0.1) is 5.56 Å². The first-order valence-corrected chi connectivity index (χ1v) is 12.9. The number of hydrogen-bond acceptors (Lipinski definition) is 3. The summed E-state index contributed by atoms with van der Waals surface area (Å²) in [4.78, 5) is 26.5. The molecular formula is C26H36F3N3O3. The lowest BCUT2D eigenvalue weighted by molar-refractivity contribution is -0.137. The number of carboxylic acid groups (broad SMARTS) is 1. The number of carbonyl (C=O) groups is 2. The first-order valence-electron chi connectivity index (χ1n) is 12.9. The standard InChI is InChI=1S/C26H36F3N3O3/c27-26(28,29)20-11-8-18(9-12-20)14-32-15-19-10-13-22(21(19)16-32)30-24(33)23(31-25(34)35)7-3-6-17-4-1-2-5-17/h8-9,11-12,17,19,21-23,31H,1-7,10,13-16H2,(H,30,33)(H,34,35)/t19-,21+,22+,23+/m1/s1. The number of nitrogens with one attached hydrogen (secondary N) is 2. The Morgan fingerprint density at radius 2 is 1.77 bits per heavy atom. The van der Waals surface area contributed by atoms with E-state index in [0.717, 1.165) is 56.5 Å². The van der Waals surface area contributed by atoms with Crippen LogP contribution in [0.25, 0.3) is 0 Å². The molecule has 2 amide bonds. The van der Waals surface area contributed by atoms with E-state index < -0.39 is 23.9 Å². The molecule has 1 aliphatic heterocycles. The molecule has 1 heterocycles. The van der Waals surface area contributed by atoms with Gasteiger partial charge in [-0.25, -0.2) is 4.79 Å². The number of nitrogens with zero attached hydrogens (tertiary/aromatic N) is 1. The average Bonchev–Trinajstić information content (AvgIpc) is 3.52. The second-order valence-corrected chi connectivity index (χ2v) is 10.6. The van der Waals surface area contributed by atoms with Crippen LogP contribution in [0.5, 0.6) is 0 Å². The SMILES string of the molecule is O=C(O)N[C@@H](CCCC1CCCC1)C(=O)N[C@H]1CC[C@@H]2CN(Cc3ccc(C(F)(F)F)cc3)C[C@@H]21. The van der Waals surface area contributed by atoms with Crippen LogP contribution in [0.1, 0.15) is 68.9 Å². The molecule has 0 aromatic heterocycles. The van der Waals surface area contributed by atoms with E-state index in [9.17, 15) is 27.9 Å². The molecular weight excluding hydrogens is 459 g/mol. The zero-order chi connectivity index (χ0) is 25.0. The molecule has 3 aliphatic rings. The Kier molecular flexibility index (Phi) is 8.24. The van der Waals surface area contributed by atoms with E-state index in [1.807, 2.05) is 0 Å². The lowest BCUT2D eigenvalue weighted by atomic mass is 9.96. The molecule has 4 rings (SSSR count). The van der Waals surface area contributed by atoms with Crippen LogP contribution in [0, 0.1) is 17.8 Å². The van der Waals surface area contributed by atoms with Gasteiger partial charge in [-0.3, -0.25) is 9.69 Å². The van der Waals surface area contributed by atoms with Crippen molar-refractivity contribution in [2.75, 3.05) is 13.1 Å². The normalized spacial score (nSPS) is 26.0. The van der Waals surface area contributed by atoms with Gasteiger partial charge in [-0.05, 0) is 54.7 Å². The van der Waals surface area contributed by atoms with Crippen molar-refractivity contribution in [2.24, 2.45) is 17.8 Å². The lowest BCUT2D eigenvalue weighted by Gasteiger charge is -2.25. The third-order valence-electron chi connectivity index (χ3n) is 8.14. The number of fused-ring (bicyclic) bond motifs is 1. The van der Waals surface area contributed by atoms with Crippen molar-refractivity contribution in [2.45, 2.75) is 82.6 Å². The summed E-state index contributed by atoms with van der Waals surface area (Å²) in [6.07, 6.45) is 3.72. The molecule has 35 heavy (non-hydrogen) atoms. The molecule has 3 N–H and O–H groups in total. The van der Waals surface area contributed by atoms with E-state index >= 15 is 0 Å². The Morgan fingerprint density at radius 1 is 1.06 bits per heavy atom. The summed E-state index contributed by atoms with van der Waals surface area (Å²) in [5.74, 6) is 1.17. The molecule has 0 bridgehead atoms. The molecule has 9 heteroatoms. The van der Waals surface area contributed by atoms with E-state index in [1.165, 1.54) is 37.8 Å². The van der Waals surface area contributed by atoms with Crippen molar-refractivity contribution in [1.29, 1.82) is 0 Å². The summed E-state index contributed by atoms with van der Waals surface area (Å²) in [7, 11) is 0. The molecule has 6 nitrogen and oxygen atoms in total. The maximum atomic E-state index is 13.0. The zero-order valence-electron chi connectivity index (χ0n) is 20.0. The minimum absolute atomic E-state index is 0.00182. The van der Waals surface area contributed by atoms with E-state index in [2.05, 4.69) is 15.5 Å². The van der Waals surface area contributed by atoms with Crippen molar-refractivity contribution in [3.05, 3.63) is 35.4 Å². The van der Waals surface area contributed by atoms with Gasteiger partial charge in [-0.1, -0.05) is 50.7 Å². The second kappa shape index (κ2) is 11.2. The molecule has 2 aliphatic carbocycles. The van der Waals surface area contributed by atoms with Crippen LogP contribution in [0.2, 0.25) is 0 Å². The van der Waals surface area contributed by atoms with Crippen molar-refractivity contribution in [3.8, 4) is 0 Å². The van der Waals surface area contributed by atoms with Gasteiger partial charge in [0.1, 0.15) is 6.04 Å². The van der Waals surface area contributed by atoms with Crippen LogP contribution < -0.4 is 10.6 Å². The number of rotatable bonds is 9. The highest BCUT2D eigenvalue weighted by Gasteiger charge is 2.43. The largest absolute Gasteiger partial charge is 0.465 e. The predicted molar refractivity (Wildman–Crippen MR) is 126 cm³/mol. The number of alkyl halides is 3. The van der Waals surface area contributed by atoms with E-state index in [4.69, 9.17) is 0 Å². The van der Waals surface area contributed by atoms with Crippen LogP contribution in [0.4, 0.5) is 18.0 Å². The molecule has 0 unspecified atom stereocenters. The minimum atomic E-state index is -4.33.